The molecule has 2 aliphatic carbocycles. The zero-order valence-corrected chi connectivity index (χ0v) is 19.0. The van der Waals surface area contributed by atoms with Crippen LogP contribution < -0.4 is 20.3 Å². The van der Waals surface area contributed by atoms with E-state index in [4.69, 9.17) is 9.47 Å². The lowest BCUT2D eigenvalue weighted by atomic mass is 9.96. The van der Waals surface area contributed by atoms with Gasteiger partial charge in [-0.25, -0.2) is 4.79 Å². The summed E-state index contributed by atoms with van der Waals surface area (Å²) < 4.78 is 11.0. The molecule has 8 heteroatoms. The highest BCUT2D eigenvalue weighted by Crippen LogP contribution is 2.25. The van der Waals surface area contributed by atoms with Crippen molar-refractivity contribution in [1.29, 1.82) is 0 Å². The Morgan fingerprint density at radius 1 is 1.03 bits per heavy atom. The van der Waals surface area contributed by atoms with Gasteiger partial charge in [0, 0.05) is 32.2 Å². The maximum atomic E-state index is 12.0. The number of carbonyl (C=O) groups excluding carboxylic acids is 1. The van der Waals surface area contributed by atoms with E-state index in [-0.39, 0.29) is 37.4 Å². The van der Waals surface area contributed by atoms with Crippen molar-refractivity contribution in [3.63, 3.8) is 0 Å². The number of amides is 1. The van der Waals surface area contributed by atoms with Crippen LogP contribution in [0.2, 0.25) is 0 Å². The Morgan fingerprint density at radius 3 is 2.44 bits per heavy atom. The number of rotatable bonds is 8. The lowest BCUT2D eigenvalue weighted by Gasteiger charge is -2.22. The molecule has 1 fully saturated rings. The topological polar surface area (TPSA) is 88.6 Å². The smallest absolute Gasteiger partial charge is 0.407 e. The first-order valence-corrected chi connectivity index (χ1v) is 11.5. The van der Waals surface area contributed by atoms with Gasteiger partial charge in [0.2, 0.25) is 0 Å². The molecule has 0 saturated heterocycles. The van der Waals surface area contributed by atoms with Crippen molar-refractivity contribution in [1.82, 2.24) is 15.3 Å². The second kappa shape index (κ2) is 10.5. The minimum atomic E-state index is -0.383. The van der Waals surface area contributed by atoms with Crippen molar-refractivity contribution in [2.45, 2.75) is 57.0 Å². The number of nitrogens with one attached hydrogen (secondary N) is 2. The average molecular weight is 440 g/mol. The number of hydrogen-bond acceptors (Lipinski definition) is 7. The number of anilines is 2. The van der Waals surface area contributed by atoms with Gasteiger partial charge < -0.3 is 25.0 Å². The first kappa shape index (κ1) is 22.2. The third-order valence-electron chi connectivity index (χ3n) is 6.03. The number of nitrogens with zero attached hydrogens (tertiary/aromatic N) is 3. The number of alkyl carbamates (subject to hydrolysis) is 1. The van der Waals surface area contributed by atoms with Crippen LogP contribution in [0.3, 0.4) is 0 Å². The van der Waals surface area contributed by atoms with Crippen molar-refractivity contribution < 1.29 is 14.3 Å². The molecule has 1 aromatic heterocycles. The fraction of sp³-hybridized carbons (Fsp3) is 0.542. The van der Waals surface area contributed by atoms with Crippen LogP contribution in [0.5, 0.6) is 6.01 Å². The highest BCUT2D eigenvalue weighted by atomic mass is 16.6. The van der Waals surface area contributed by atoms with Crippen LogP contribution in [-0.2, 0) is 17.6 Å². The summed E-state index contributed by atoms with van der Waals surface area (Å²) >= 11 is 0. The number of fused-ring (bicyclic) bond motifs is 1. The lowest BCUT2D eigenvalue weighted by molar-refractivity contribution is 0.117. The molecule has 0 aliphatic heterocycles. The van der Waals surface area contributed by atoms with Gasteiger partial charge in [0.1, 0.15) is 24.8 Å². The van der Waals surface area contributed by atoms with E-state index >= 15 is 0 Å². The van der Waals surface area contributed by atoms with E-state index in [9.17, 15) is 4.79 Å². The van der Waals surface area contributed by atoms with Crippen LogP contribution in [0.1, 0.15) is 43.2 Å². The first-order chi connectivity index (χ1) is 15.6. The Labute approximate surface area is 189 Å². The Balaban J connectivity index is 1.28. The molecule has 1 aromatic carbocycles. The van der Waals surface area contributed by atoms with Crippen molar-refractivity contribution in [3.8, 4) is 6.01 Å². The quantitative estimate of drug-likeness (QED) is 0.608. The van der Waals surface area contributed by atoms with Crippen molar-refractivity contribution in [2.24, 2.45) is 0 Å². The fourth-order valence-corrected chi connectivity index (χ4v) is 4.37. The van der Waals surface area contributed by atoms with Crippen LogP contribution in [0.15, 0.2) is 30.3 Å². The lowest BCUT2D eigenvalue weighted by Crippen LogP contribution is -2.37. The van der Waals surface area contributed by atoms with Gasteiger partial charge in [-0.05, 0) is 36.8 Å². The largest absolute Gasteiger partial charge is 0.460 e. The van der Waals surface area contributed by atoms with Gasteiger partial charge in [-0.2, -0.15) is 9.97 Å². The maximum Gasteiger partial charge on any atom is 0.407 e. The second-order valence-corrected chi connectivity index (χ2v) is 8.77. The van der Waals surface area contributed by atoms with E-state index in [1.54, 1.807) is 0 Å². The van der Waals surface area contributed by atoms with Gasteiger partial charge in [0.25, 0.3) is 0 Å². The standard InChI is InChI=1S/C24H33N5O3/c1-29(2)22-16-21(25-20-14-17-8-6-7-9-18(17)15-20)27-23(28-22)31-12-13-32-24(30)26-19-10-4-3-5-11-19/h6-9,16,19-20H,3-5,10-15H2,1-2H3,(H,26,30)(H,25,27,28). The van der Waals surface area contributed by atoms with Crippen LogP contribution >= 0.6 is 0 Å². The van der Waals surface area contributed by atoms with Gasteiger partial charge in [0.05, 0.1) is 0 Å². The molecule has 1 saturated carbocycles. The van der Waals surface area contributed by atoms with E-state index in [0.29, 0.717) is 0 Å². The van der Waals surface area contributed by atoms with Crippen LogP contribution in [0.4, 0.5) is 16.4 Å². The summed E-state index contributed by atoms with van der Waals surface area (Å²) in [6.07, 6.45) is 7.18. The van der Waals surface area contributed by atoms with Gasteiger partial charge in [-0.1, -0.05) is 43.5 Å². The number of carbonyl (C=O) groups is 1. The minimum Gasteiger partial charge on any atom is -0.460 e. The van der Waals surface area contributed by atoms with Crippen LogP contribution in [0, 0.1) is 0 Å². The number of benzene rings is 1. The second-order valence-electron chi connectivity index (χ2n) is 8.77. The van der Waals surface area contributed by atoms with E-state index in [1.165, 1.54) is 17.5 Å². The van der Waals surface area contributed by atoms with Crippen molar-refractivity contribution >= 4 is 17.7 Å². The van der Waals surface area contributed by atoms with Gasteiger partial charge in [0.15, 0.2) is 0 Å². The zero-order valence-electron chi connectivity index (χ0n) is 19.0. The number of ether oxygens (including phenoxy) is 2. The minimum absolute atomic E-state index is 0.148. The summed E-state index contributed by atoms with van der Waals surface area (Å²) in [5.41, 5.74) is 2.76. The molecule has 172 valence electrons. The van der Waals surface area contributed by atoms with Crippen LogP contribution in [0.25, 0.3) is 0 Å². The van der Waals surface area contributed by atoms with E-state index in [0.717, 1.165) is 50.2 Å². The van der Waals surface area contributed by atoms with E-state index < -0.39 is 0 Å². The highest BCUT2D eigenvalue weighted by molar-refractivity contribution is 5.67. The maximum absolute atomic E-state index is 12.0. The molecule has 32 heavy (non-hydrogen) atoms. The molecule has 0 spiro atoms. The predicted molar refractivity (Wildman–Crippen MR) is 124 cm³/mol. The Hall–Kier alpha value is -3.03. The SMILES string of the molecule is CN(C)c1cc(NC2Cc3ccccc3C2)nc(OCCOC(=O)NC2CCCCC2)n1. The predicted octanol–water partition coefficient (Wildman–Crippen LogP) is 3.56. The highest BCUT2D eigenvalue weighted by Gasteiger charge is 2.22. The fourth-order valence-electron chi connectivity index (χ4n) is 4.37. The van der Waals surface area contributed by atoms with Gasteiger partial charge >= 0.3 is 12.1 Å². The Morgan fingerprint density at radius 2 is 1.75 bits per heavy atom. The first-order valence-electron chi connectivity index (χ1n) is 11.5. The Bertz CT molecular complexity index is 889. The number of aromatic nitrogens is 2. The van der Waals surface area contributed by atoms with Gasteiger partial charge in [-0.15, -0.1) is 0 Å². The average Bonchev–Trinajstić information content (AvgIpc) is 3.19. The van der Waals surface area contributed by atoms with E-state index in [1.807, 2.05) is 25.1 Å². The molecule has 1 amide bonds. The molecule has 2 aromatic rings. The molecule has 8 nitrogen and oxygen atoms in total. The molecular formula is C24H33N5O3. The van der Waals surface area contributed by atoms with Crippen molar-refractivity contribution in [2.75, 3.05) is 37.5 Å². The van der Waals surface area contributed by atoms with Crippen LogP contribution in [-0.4, -0.2) is 55.5 Å². The number of hydrogen-bond donors (Lipinski definition) is 2. The Kier molecular flexibility index (Phi) is 7.29. The summed E-state index contributed by atoms with van der Waals surface area (Å²) in [6, 6.07) is 11.2. The monoisotopic (exact) mass is 439 g/mol. The third kappa shape index (κ3) is 6.02. The summed E-state index contributed by atoms with van der Waals surface area (Å²) in [5.74, 6) is 1.48. The third-order valence-corrected chi connectivity index (χ3v) is 6.03. The normalized spacial score (nSPS) is 16.3. The molecule has 1 heterocycles. The molecular weight excluding hydrogens is 406 g/mol. The van der Waals surface area contributed by atoms with E-state index in [2.05, 4.69) is 44.9 Å². The summed E-state index contributed by atoms with van der Waals surface area (Å²) in [6.45, 7) is 0.345. The summed E-state index contributed by atoms with van der Waals surface area (Å²) in [7, 11) is 3.86. The molecule has 0 atom stereocenters. The molecule has 0 radical (unpaired) electrons. The molecule has 4 rings (SSSR count). The molecule has 2 aliphatic rings. The summed E-state index contributed by atoms with van der Waals surface area (Å²) in [4.78, 5) is 22.9. The zero-order chi connectivity index (χ0) is 22.3. The summed E-state index contributed by atoms with van der Waals surface area (Å²) in [5, 5.41) is 6.46. The molecule has 0 unspecified atom stereocenters. The molecule has 2 N–H and O–H groups in total. The molecule has 0 bridgehead atoms. The van der Waals surface area contributed by atoms with Crippen molar-refractivity contribution in [3.05, 3.63) is 41.5 Å². The van der Waals surface area contributed by atoms with Gasteiger partial charge in [-0.3, -0.25) is 0 Å².